The lowest BCUT2D eigenvalue weighted by Crippen LogP contribution is -2.18. The maximum atomic E-state index is 5.60. The van der Waals surface area contributed by atoms with Crippen molar-refractivity contribution < 1.29 is 9.15 Å². The molecule has 0 aromatic carbocycles. The van der Waals surface area contributed by atoms with E-state index in [1.807, 2.05) is 11.9 Å². The molecule has 20 heavy (non-hydrogen) atoms. The maximum absolute atomic E-state index is 5.60. The molecule has 2 rings (SSSR count). The third-order valence-electron chi connectivity index (χ3n) is 2.56. The summed E-state index contributed by atoms with van der Waals surface area (Å²) in [6.45, 7) is 2.71. The summed E-state index contributed by atoms with van der Waals surface area (Å²) in [7, 11) is 3.60. The van der Waals surface area contributed by atoms with Crippen molar-refractivity contribution in [3.63, 3.8) is 0 Å². The first-order valence-corrected chi connectivity index (χ1v) is 7.82. The number of ether oxygens (including phenoxy) is 1. The van der Waals surface area contributed by atoms with Gasteiger partial charge in [0.05, 0.1) is 19.7 Å². The van der Waals surface area contributed by atoms with E-state index >= 15 is 0 Å². The Morgan fingerprint density at radius 3 is 3.05 bits per heavy atom. The van der Waals surface area contributed by atoms with Gasteiger partial charge in [0.25, 0.3) is 0 Å². The molecular weight excluding hydrogens is 344 g/mol. The molecule has 2 aromatic heterocycles. The standard InChI is InChI=1S/C12H17BrN4O2S/c1-17(7-10-5-9(13)8-20-10)12-16-15-11(19-12)6-14-3-4-18-2/h5,8,14H,3-4,6-7H2,1-2H3. The van der Waals surface area contributed by atoms with E-state index in [0.29, 0.717) is 25.1 Å². The molecule has 8 heteroatoms. The molecular formula is C12H17BrN4O2S. The summed E-state index contributed by atoms with van der Waals surface area (Å²) in [5, 5.41) is 13.3. The molecule has 0 unspecified atom stereocenters. The second-order valence-electron chi connectivity index (χ2n) is 4.24. The number of nitrogens with zero attached hydrogens (tertiary/aromatic N) is 3. The van der Waals surface area contributed by atoms with E-state index < -0.39 is 0 Å². The Kier molecular flexibility index (Phi) is 5.96. The Bertz CT molecular complexity index is 531. The maximum Gasteiger partial charge on any atom is 0.318 e. The van der Waals surface area contributed by atoms with Gasteiger partial charge in [-0.25, -0.2) is 0 Å². The second-order valence-corrected chi connectivity index (χ2v) is 6.15. The van der Waals surface area contributed by atoms with Gasteiger partial charge >= 0.3 is 6.01 Å². The number of hydrogen-bond donors (Lipinski definition) is 1. The molecule has 0 saturated heterocycles. The molecule has 0 aliphatic heterocycles. The van der Waals surface area contributed by atoms with Gasteiger partial charge in [-0.2, -0.15) is 0 Å². The highest BCUT2D eigenvalue weighted by molar-refractivity contribution is 9.10. The molecule has 0 aliphatic carbocycles. The van der Waals surface area contributed by atoms with Crippen LogP contribution in [0, 0.1) is 0 Å². The Morgan fingerprint density at radius 2 is 2.35 bits per heavy atom. The van der Waals surface area contributed by atoms with Crippen LogP contribution in [0.3, 0.4) is 0 Å². The SMILES string of the molecule is COCCNCc1nnc(N(C)Cc2cc(Br)cs2)o1. The summed E-state index contributed by atoms with van der Waals surface area (Å²) in [5.74, 6) is 0.579. The van der Waals surface area contributed by atoms with Crippen LogP contribution in [0.2, 0.25) is 0 Å². The summed E-state index contributed by atoms with van der Waals surface area (Å²) in [6, 6.07) is 2.61. The van der Waals surface area contributed by atoms with Crippen molar-refractivity contribution in [3.05, 3.63) is 26.7 Å². The predicted molar refractivity (Wildman–Crippen MR) is 82.0 cm³/mol. The molecule has 0 aliphatic rings. The minimum atomic E-state index is 0.526. The summed E-state index contributed by atoms with van der Waals surface area (Å²) in [4.78, 5) is 3.17. The fourth-order valence-electron chi connectivity index (χ4n) is 1.58. The van der Waals surface area contributed by atoms with E-state index in [1.54, 1.807) is 18.4 Å². The average molecular weight is 361 g/mol. The van der Waals surface area contributed by atoms with Gasteiger partial charge in [0.15, 0.2) is 0 Å². The molecule has 0 saturated carbocycles. The number of rotatable bonds is 8. The minimum Gasteiger partial charge on any atom is -0.407 e. The van der Waals surface area contributed by atoms with Gasteiger partial charge in [0, 0.05) is 35.4 Å². The molecule has 0 fully saturated rings. The Labute approximate surface area is 130 Å². The van der Waals surface area contributed by atoms with Crippen LogP contribution >= 0.6 is 27.3 Å². The molecule has 0 spiro atoms. The highest BCUT2D eigenvalue weighted by Gasteiger charge is 2.11. The number of aromatic nitrogens is 2. The topological polar surface area (TPSA) is 63.4 Å². The van der Waals surface area contributed by atoms with Crippen LogP contribution in [0.5, 0.6) is 0 Å². The Hall–Kier alpha value is -0.960. The van der Waals surface area contributed by atoms with E-state index in [2.05, 4.69) is 42.9 Å². The van der Waals surface area contributed by atoms with Gasteiger partial charge in [-0.05, 0) is 22.0 Å². The highest BCUT2D eigenvalue weighted by atomic mass is 79.9. The minimum absolute atomic E-state index is 0.526. The normalized spacial score (nSPS) is 10.9. The van der Waals surface area contributed by atoms with E-state index in [-0.39, 0.29) is 0 Å². The van der Waals surface area contributed by atoms with Gasteiger partial charge in [-0.1, -0.05) is 5.10 Å². The van der Waals surface area contributed by atoms with E-state index in [1.165, 1.54) is 4.88 Å². The predicted octanol–water partition coefficient (Wildman–Crippen LogP) is 2.27. The fourth-order valence-corrected chi connectivity index (χ4v) is 3.08. The monoisotopic (exact) mass is 360 g/mol. The zero-order chi connectivity index (χ0) is 14.4. The number of methoxy groups -OCH3 is 1. The number of anilines is 1. The lowest BCUT2D eigenvalue weighted by molar-refractivity contribution is 0.198. The molecule has 2 aromatic rings. The molecule has 6 nitrogen and oxygen atoms in total. The molecule has 0 radical (unpaired) electrons. The molecule has 0 bridgehead atoms. The summed E-state index contributed by atoms with van der Waals surface area (Å²) in [5.41, 5.74) is 0. The van der Waals surface area contributed by atoms with Crippen LogP contribution in [-0.4, -0.2) is 37.5 Å². The Morgan fingerprint density at radius 1 is 1.50 bits per heavy atom. The number of nitrogens with one attached hydrogen (secondary N) is 1. The van der Waals surface area contributed by atoms with Crippen molar-refractivity contribution in [1.82, 2.24) is 15.5 Å². The van der Waals surface area contributed by atoms with Crippen LogP contribution in [0.4, 0.5) is 6.01 Å². The fraction of sp³-hybridized carbons (Fsp3) is 0.500. The lowest BCUT2D eigenvalue weighted by atomic mass is 10.4. The van der Waals surface area contributed by atoms with Crippen LogP contribution in [0.15, 0.2) is 20.3 Å². The van der Waals surface area contributed by atoms with Crippen molar-refractivity contribution in [1.29, 1.82) is 0 Å². The molecule has 110 valence electrons. The molecule has 0 atom stereocenters. The van der Waals surface area contributed by atoms with Crippen molar-refractivity contribution in [3.8, 4) is 0 Å². The largest absolute Gasteiger partial charge is 0.407 e. The van der Waals surface area contributed by atoms with Gasteiger partial charge in [-0.15, -0.1) is 16.4 Å². The van der Waals surface area contributed by atoms with E-state index in [0.717, 1.165) is 17.6 Å². The van der Waals surface area contributed by atoms with Crippen LogP contribution in [0.25, 0.3) is 0 Å². The van der Waals surface area contributed by atoms with Crippen LogP contribution in [-0.2, 0) is 17.8 Å². The summed E-state index contributed by atoms with van der Waals surface area (Å²) >= 11 is 5.14. The first kappa shape index (κ1) is 15.4. The quantitative estimate of drug-likeness (QED) is 0.728. The first-order valence-electron chi connectivity index (χ1n) is 6.15. The van der Waals surface area contributed by atoms with E-state index in [9.17, 15) is 0 Å². The zero-order valence-electron chi connectivity index (χ0n) is 11.4. The van der Waals surface area contributed by atoms with Gasteiger partial charge < -0.3 is 19.4 Å². The molecule has 1 N–H and O–H groups in total. The van der Waals surface area contributed by atoms with E-state index in [4.69, 9.17) is 9.15 Å². The zero-order valence-corrected chi connectivity index (χ0v) is 13.8. The van der Waals surface area contributed by atoms with Gasteiger partial charge in [-0.3, -0.25) is 0 Å². The lowest BCUT2D eigenvalue weighted by Gasteiger charge is -2.11. The Balaban J connectivity index is 1.84. The smallest absolute Gasteiger partial charge is 0.318 e. The average Bonchev–Trinajstić information content (AvgIpc) is 3.04. The number of halogens is 1. The van der Waals surface area contributed by atoms with Crippen LogP contribution in [0.1, 0.15) is 10.8 Å². The van der Waals surface area contributed by atoms with Gasteiger partial charge in [0.1, 0.15) is 0 Å². The van der Waals surface area contributed by atoms with Crippen molar-refractivity contribution >= 4 is 33.3 Å². The third kappa shape index (κ3) is 4.55. The van der Waals surface area contributed by atoms with Crippen molar-refractivity contribution in [2.45, 2.75) is 13.1 Å². The summed E-state index contributed by atoms with van der Waals surface area (Å²) < 4.78 is 11.6. The third-order valence-corrected chi connectivity index (χ3v) is 4.24. The number of thiophene rings is 1. The second kappa shape index (κ2) is 7.72. The van der Waals surface area contributed by atoms with Gasteiger partial charge in [0.2, 0.25) is 5.89 Å². The first-order chi connectivity index (χ1) is 9.69. The molecule has 2 heterocycles. The van der Waals surface area contributed by atoms with Crippen LogP contribution < -0.4 is 10.2 Å². The highest BCUT2D eigenvalue weighted by Crippen LogP contribution is 2.22. The molecule has 0 amide bonds. The van der Waals surface area contributed by atoms with Crippen molar-refractivity contribution in [2.24, 2.45) is 0 Å². The number of hydrogen-bond acceptors (Lipinski definition) is 7. The van der Waals surface area contributed by atoms with Crippen molar-refractivity contribution in [2.75, 3.05) is 32.2 Å². The summed E-state index contributed by atoms with van der Waals surface area (Å²) in [6.07, 6.45) is 0.